The molecular formula is C10H22N+. The van der Waals surface area contributed by atoms with E-state index in [1.807, 2.05) is 0 Å². The third-order valence-corrected chi connectivity index (χ3v) is 4.09. The molecule has 1 saturated heterocycles. The Morgan fingerprint density at radius 2 is 1.64 bits per heavy atom. The van der Waals surface area contributed by atoms with Crippen LogP contribution in [0.15, 0.2) is 0 Å². The summed E-state index contributed by atoms with van der Waals surface area (Å²) in [5.41, 5.74) is 0.531. The summed E-state index contributed by atoms with van der Waals surface area (Å²) in [4.78, 5) is 0. The van der Waals surface area contributed by atoms with Crippen molar-refractivity contribution in [2.24, 2.45) is 5.41 Å². The van der Waals surface area contributed by atoms with Gasteiger partial charge in [-0.1, -0.05) is 13.8 Å². The van der Waals surface area contributed by atoms with Crippen LogP contribution in [0.25, 0.3) is 0 Å². The van der Waals surface area contributed by atoms with Gasteiger partial charge in [-0.25, -0.2) is 0 Å². The van der Waals surface area contributed by atoms with Crippen LogP contribution in [-0.2, 0) is 0 Å². The van der Waals surface area contributed by atoms with Crippen molar-refractivity contribution < 1.29 is 4.48 Å². The van der Waals surface area contributed by atoms with Crippen molar-refractivity contribution in [1.82, 2.24) is 0 Å². The average Bonchev–Trinajstić information content (AvgIpc) is 1.94. The average molecular weight is 156 g/mol. The molecule has 1 heterocycles. The smallest absolute Gasteiger partial charge is 0.0913 e. The fraction of sp³-hybridized carbons (Fsp3) is 1.00. The Hall–Kier alpha value is -0.0400. The SMILES string of the molecule is CC1CC(C)(C)C(C)[N+]1(C)C. The fourth-order valence-electron chi connectivity index (χ4n) is 2.45. The zero-order valence-corrected chi connectivity index (χ0v) is 8.81. The van der Waals surface area contributed by atoms with Crippen LogP contribution in [0.1, 0.15) is 34.1 Å². The van der Waals surface area contributed by atoms with Gasteiger partial charge in [-0.3, -0.25) is 0 Å². The van der Waals surface area contributed by atoms with Crippen LogP contribution < -0.4 is 0 Å². The van der Waals surface area contributed by atoms with Crippen LogP contribution in [0.4, 0.5) is 0 Å². The predicted molar refractivity (Wildman–Crippen MR) is 49.4 cm³/mol. The molecule has 0 amide bonds. The summed E-state index contributed by atoms with van der Waals surface area (Å²) in [6, 6.07) is 1.61. The fourth-order valence-corrected chi connectivity index (χ4v) is 2.45. The number of nitrogens with zero attached hydrogens (tertiary/aromatic N) is 1. The van der Waals surface area contributed by atoms with Crippen molar-refractivity contribution >= 4 is 0 Å². The van der Waals surface area contributed by atoms with Crippen molar-refractivity contribution in [2.75, 3.05) is 14.1 Å². The number of hydrogen-bond acceptors (Lipinski definition) is 0. The molecule has 1 rings (SSSR count). The number of quaternary nitrogens is 1. The van der Waals surface area contributed by atoms with Gasteiger partial charge >= 0.3 is 0 Å². The summed E-state index contributed by atoms with van der Waals surface area (Å²) < 4.78 is 1.19. The first-order chi connectivity index (χ1) is 4.78. The molecule has 0 spiro atoms. The van der Waals surface area contributed by atoms with Crippen LogP contribution >= 0.6 is 0 Å². The first kappa shape index (κ1) is 9.05. The van der Waals surface area contributed by atoms with Gasteiger partial charge in [0.1, 0.15) is 0 Å². The van der Waals surface area contributed by atoms with Gasteiger partial charge in [-0.2, -0.15) is 0 Å². The van der Waals surface area contributed by atoms with Gasteiger partial charge in [0.05, 0.1) is 26.2 Å². The van der Waals surface area contributed by atoms with E-state index in [-0.39, 0.29) is 0 Å². The van der Waals surface area contributed by atoms with Gasteiger partial charge in [0.25, 0.3) is 0 Å². The Balaban J connectivity index is 2.89. The molecule has 0 aromatic heterocycles. The minimum atomic E-state index is 0.531. The van der Waals surface area contributed by atoms with Crippen LogP contribution in [0, 0.1) is 5.41 Å². The van der Waals surface area contributed by atoms with Crippen molar-refractivity contribution in [3.05, 3.63) is 0 Å². The summed E-state index contributed by atoms with van der Waals surface area (Å²) in [6.07, 6.45) is 1.36. The molecule has 0 aromatic carbocycles. The molecule has 1 heteroatoms. The molecule has 11 heavy (non-hydrogen) atoms. The number of rotatable bonds is 0. The molecule has 1 nitrogen and oxygen atoms in total. The largest absolute Gasteiger partial charge is 0.324 e. The Labute approximate surface area is 71.0 Å². The zero-order valence-electron chi connectivity index (χ0n) is 8.81. The third kappa shape index (κ3) is 1.20. The standard InChI is InChI=1S/C10H22N/c1-8-7-10(3,4)9(2)11(8,5)6/h8-9H,7H2,1-6H3/q+1. The molecule has 0 aliphatic carbocycles. The molecule has 1 fully saturated rings. The van der Waals surface area contributed by atoms with Gasteiger partial charge in [-0.05, 0) is 13.8 Å². The Kier molecular flexibility index (Phi) is 1.83. The van der Waals surface area contributed by atoms with Gasteiger partial charge in [0.15, 0.2) is 0 Å². The lowest BCUT2D eigenvalue weighted by Gasteiger charge is -2.36. The van der Waals surface area contributed by atoms with E-state index in [0.717, 1.165) is 12.1 Å². The second kappa shape index (κ2) is 2.22. The molecular weight excluding hydrogens is 134 g/mol. The van der Waals surface area contributed by atoms with E-state index in [9.17, 15) is 0 Å². The summed E-state index contributed by atoms with van der Waals surface area (Å²) in [5.74, 6) is 0. The monoisotopic (exact) mass is 156 g/mol. The Bertz CT molecular complexity index is 158. The first-order valence-electron chi connectivity index (χ1n) is 4.62. The van der Waals surface area contributed by atoms with Crippen LogP contribution in [0.3, 0.4) is 0 Å². The minimum Gasteiger partial charge on any atom is -0.324 e. The highest BCUT2D eigenvalue weighted by Crippen LogP contribution is 2.42. The molecule has 2 unspecified atom stereocenters. The van der Waals surface area contributed by atoms with Gasteiger partial charge in [-0.15, -0.1) is 0 Å². The highest BCUT2D eigenvalue weighted by atomic mass is 15.4. The molecule has 1 aliphatic heterocycles. The molecule has 0 N–H and O–H groups in total. The summed E-state index contributed by atoms with van der Waals surface area (Å²) in [5, 5.41) is 0. The normalized spacial score (nSPS) is 40.9. The summed E-state index contributed by atoms with van der Waals surface area (Å²) >= 11 is 0. The lowest BCUT2D eigenvalue weighted by atomic mass is 9.85. The maximum absolute atomic E-state index is 2.39. The predicted octanol–water partition coefficient (Wildman–Crippen LogP) is 2.27. The molecule has 0 bridgehead atoms. The molecule has 0 saturated carbocycles. The lowest BCUT2D eigenvalue weighted by Crippen LogP contribution is -2.49. The van der Waals surface area contributed by atoms with E-state index >= 15 is 0 Å². The van der Waals surface area contributed by atoms with Gasteiger partial charge in [0.2, 0.25) is 0 Å². The lowest BCUT2D eigenvalue weighted by molar-refractivity contribution is -0.924. The van der Waals surface area contributed by atoms with Gasteiger partial charge < -0.3 is 4.48 Å². The van der Waals surface area contributed by atoms with E-state index in [1.54, 1.807) is 0 Å². The van der Waals surface area contributed by atoms with Crippen LogP contribution in [0.5, 0.6) is 0 Å². The van der Waals surface area contributed by atoms with E-state index in [2.05, 4.69) is 41.8 Å². The van der Waals surface area contributed by atoms with E-state index in [4.69, 9.17) is 0 Å². The maximum atomic E-state index is 2.39. The summed E-state index contributed by atoms with van der Waals surface area (Å²) in [6.45, 7) is 9.52. The molecule has 1 aliphatic rings. The Morgan fingerprint density at radius 3 is 1.73 bits per heavy atom. The van der Waals surface area contributed by atoms with Crippen molar-refractivity contribution in [2.45, 2.75) is 46.2 Å². The highest BCUT2D eigenvalue weighted by Gasteiger charge is 2.49. The molecule has 66 valence electrons. The molecule has 0 aromatic rings. The van der Waals surface area contributed by atoms with Crippen molar-refractivity contribution in [3.8, 4) is 0 Å². The highest BCUT2D eigenvalue weighted by molar-refractivity contribution is 4.85. The van der Waals surface area contributed by atoms with E-state index < -0.39 is 0 Å². The second-order valence-corrected chi connectivity index (χ2v) is 5.35. The van der Waals surface area contributed by atoms with Gasteiger partial charge in [0, 0.05) is 11.8 Å². The maximum Gasteiger partial charge on any atom is 0.0913 e. The van der Waals surface area contributed by atoms with E-state index in [0.29, 0.717) is 5.41 Å². The number of likely N-dealkylation sites (tertiary alicyclic amines) is 1. The second-order valence-electron chi connectivity index (χ2n) is 5.35. The number of hydrogen-bond donors (Lipinski definition) is 0. The minimum absolute atomic E-state index is 0.531. The third-order valence-electron chi connectivity index (χ3n) is 4.09. The zero-order chi connectivity index (χ0) is 8.86. The topological polar surface area (TPSA) is 0 Å². The summed E-state index contributed by atoms with van der Waals surface area (Å²) in [7, 11) is 4.70. The van der Waals surface area contributed by atoms with E-state index in [1.165, 1.54) is 10.9 Å². The molecule has 0 radical (unpaired) electrons. The van der Waals surface area contributed by atoms with Crippen molar-refractivity contribution in [1.29, 1.82) is 0 Å². The van der Waals surface area contributed by atoms with Crippen LogP contribution in [0.2, 0.25) is 0 Å². The van der Waals surface area contributed by atoms with Crippen molar-refractivity contribution in [3.63, 3.8) is 0 Å². The van der Waals surface area contributed by atoms with Crippen LogP contribution in [-0.4, -0.2) is 30.7 Å². The first-order valence-corrected chi connectivity index (χ1v) is 4.62. The molecule has 2 atom stereocenters. The quantitative estimate of drug-likeness (QED) is 0.472. The Morgan fingerprint density at radius 1 is 1.18 bits per heavy atom.